The first kappa shape index (κ1) is 15.1. The molecule has 0 bridgehead atoms. The SMILES string of the molecule is COc1ccnc(CNC(C)(C)C(C)Cl)c1OC. The van der Waals surface area contributed by atoms with Crippen molar-refractivity contribution in [3.8, 4) is 11.5 Å². The Morgan fingerprint density at radius 1 is 1.39 bits per heavy atom. The lowest BCUT2D eigenvalue weighted by Crippen LogP contribution is -2.45. The minimum Gasteiger partial charge on any atom is -0.493 e. The van der Waals surface area contributed by atoms with Crippen LogP contribution in [0.25, 0.3) is 0 Å². The third-order valence-electron chi connectivity index (χ3n) is 3.07. The number of methoxy groups -OCH3 is 2. The topological polar surface area (TPSA) is 43.4 Å². The number of nitrogens with zero attached hydrogens (tertiary/aromatic N) is 1. The van der Waals surface area contributed by atoms with Crippen molar-refractivity contribution in [2.75, 3.05) is 14.2 Å². The van der Waals surface area contributed by atoms with Crippen LogP contribution in [-0.4, -0.2) is 30.1 Å². The highest BCUT2D eigenvalue weighted by atomic mass is 35.5. The van der Waals surface area contributed by atoms with Crippen molar-refractivity contribution in [1.29, 1.82) is 0 Å². The van der Waals surface area contributed by atoms with Crippen LogP contribution in [0.2, 0.25) is 0 Å². The fraction of sp³-hybridized carbons (Fsp3) is 0.615. The third kappa shape index (κ3) is 3.50. The van der Waals surface area contributed by atoms with Gasteiger partial charge in [0, 0.05) is 29.7 Å². The van der Waals surface area contributed by atoms with Crippen LogP contribution in [0.15, 0.2) is 12.3 Å². The maximum Gasteiger partial charge on any atom is 0.183 e. The molecule has 5 heteroatoms. The van der Waals surface area contributed by atoms with Crippen LogP contribution in [0.4, 0.5) is 0 Å². The second-order valence-electron chi connectivity index (χ2n) is 4.68. The normalized spacial score (nSPS) is 13.2. The zero-order valence-electron chi connectivity index (χ0n) is 11.6. The summed E-state index contributed by atoms with van der Waals surface area (Å²) in [4.78, 5) is 4.31. The van der Waals surface area contributed by atoms with E-state index < -0.39 is 0 Å². The first-order chi connectivity index (χ1) is 8.42. The summed E-state index contributed by atoms with van der Waals surface area (Å²) >= 11 is 6.13. The van der Waals surface area contributed by atoms with E-state index in [1.165, 1.54) is 0 Å². The largest absolute Gasteiger partial charge is 0.493 e. The van der Waals surface area contributed by atoms with Gasteiger partial charge in [0.1, 0.15) is 0 Å². The molecule has 1 unspecified atom stereocenters. The summed E-state index contributed by atoms with van der Waals surface area (Å²) in [6, 6.07) is 1.78. The molecule has 1 aromatic heterocycles. The second kappa shape index (κ2) is 6.25. The van der Waals surface area contributed by atoms with Gasteiger partial charge in [0.15, 0.2) is 11.5 Å². The molecule has 18 heavy (non-hydrogen) atoms. The highest BCUT2D eigenvalue weighted by molar-refractivity contribution is 6.21. The van der Waals surface area contributed by atoms with Gasteiger partial charge in [-0.2, -0.15) is 0 Å². The number of halogens is 1. The van der Waals surface area contributed by atoms with Gasteiger partial charge in [-0.15, -0.1) is 11.6 Å². The lowest BCUT2D eigenvalue weighted by atomic mass is 10.0. The fourth-order valence-electron chi connectivity index (χ4n) is 1.43. The van der Waals surface area contributed by atoms with Crippen LogP contribution >= 0.6 is 11.6 Å². The second-order valence-corrected chi connectivity index (χ2v) is 5.34. The zero-order valence-corrected chi connectivity index (χ0v) is 12.3. The lowest BCUT2D eigenvalue weighted by Gasteiger charge is -2.29. The Kier molecular flexibility index (Phi) is 5.23. The van der Waals surface area contributed by atoms with Crippen LogP contribution in [0, 0.1) is 0 Å². The van der Waals surface area contributed by atoms with Crippen LogP contribution in [0.3, 0.4) is 0 Å². The molecule has 0 aliphatic rings. The van der Waals surface area contributed by atoms with Crippen molar-refractivity contribution < 1.29 is 9.47 Å². The van der Waals surface area contributed by atoms with Crippen molar-refractivity contribution in [3.63, 3.8) is 0 Å². The summed E-state index contributed by atoms with van der Waals surface area (Å²) in [6.45, 7) is 6.64. The maximum absolute atomic E-state index is 6.13. The molecule has 0 amide bonds. The summed E-state index contributed by atoms with van der Waals surface area (Å²) in [6.07, 6.45) is 1.70. The molecular weight excluding hydrogens is 252 g/mol. The smallest absolute Gasteiger partial charge is 0.183 e. The number of pyridine rings is 1. The van der Waals surface area contributed by atoms with Crippen molar-refractivity contribution in [1.82, 2.24) is 10.3 Å². The monoisotopic (exact) mass is 272 g/mol. The van der Waals surface area contributed by atoms with Crippen molar-refractivity contribution in [2.45, 2.75) is 38.2 Å². The average Bonchev–Trinajstić information content (AvgIpc) is 2.35. The van der Waals surface area contributed by atoms with Crippen molar-refractivity contribution >= 4 is 11.6 Å². The molecule has 4 nitrogen and oxygen atoms in total. The number of aromatic nitrogens is 1. The number of ether oxygens (including phenoxy) is 2. The molecule has 0 fully saturated rings. The van der Waals surface area contributed by atoms with Crippen LogP contribution < -0.4 is 14.8 Å². The van der Waals surface area contributed by atoms with Crippen LogP contribution in [0.5, 0.6) is 11.5 Å². The molecule has 0 aliphatic heterocycles. The number of nitrogens with one attached hydrogen (secondary N) is 1. The predicted octanol–water partition coefficient (Wildman–Crippen LogP) is 2.59. The van der Waals surface area contributed by atoms with Gasteiger partial charge in [-0.25, -0.2) is 0 Å². The van der Waals surface area contributed by atoms with Gasteiger partial charge in [-0.1, -0.05) is 0 Å². The first-order valence-corrected chi connectivity index (χ1v) is 6.31. The van der Waals surface area contributed by atoms with E-state index in [4.69, 9.17) is 21.1 Å². The highest BCUT2D eigenvalue weighted by Gasteiger charge is 2.24. The van der Waals surface area contributed by atoms with Gasteiger partial charge in [0.05, 0.1) is 19.9 Å². The molecule has 0 spiro atoms. The third-order valence-corrected chi connectivity index (χ3v) is 3.62. The van der Waals surface area contributed by atoms with E-state index >= 15 is 0 Å². The summed E-state index contributed by atoms with van der Waals surface area (Å²) in [5.41, 5.74) is 0.624. The molecule has 0 saturated heterocycles. The average molecular weight is 273 g/mol. The molecule has 0 aromatic carbocycles. The Morgan fingerprint density at radius 2 is 2.06 bits per heavy atom. The zero-order chi connectivity index (χ0) is 13.8. The van der Waals surface area contributed by atoms with Crippen molar-refractivity contribution in [2.24, 2.45) is 0 Å². The van der Waals surface area contributed by atoms with E-state index in [0.717, 1.165) is 5.69 Å². The van der Waals surface area contributed by atoms with E-state index in [1.54, 1.807) is 26.5 Å². The Morgan fingerprint density at radius 3 is 2.56 bits per heavy atom. The van der Waals surface area contributed by atoms with Gasteiger partial charge < -0.3 is 14.8 Å². The minimum atomic E-state index is -0.183. The first-order valence-electron chi connectivity index (χ1n) is 5.87. The molecule has 1 atom stereocenters. The number of hydrogen-bond acceptors (Lipinski definition) is 4. The number of rotatable bonds is 6. The van der Waals surface area contributed by atoms with Gasteiger partial charge in [0.2, 0.25) is 0 Å². The Labute approximate surface area is 114 Å². The van der Waals surface area contributed by atoms with E-state index in [0.29, 0.717) is 18.0 Å². The van der Waals surface area contributed by atoms with E-state index in [-0.39, 0.29) is 10.9 Å². The Balaban J connectivity index is 2.85. The van der Waals surface area contributed by atoms with Gasteiger partial charge in [-0.05, 0) is 20.8 Å². The van der Waals surface area contributed by atoms with E-state index in [9.17, 15) is 0 Å². The lowest BCUT2D eigenvalue weighted by molar-refractivity contribution is 0.338. The van der Waals surface area contributed by atoms with Gasteiger partial charge >= 0.3 is 0 Å². The molecule has 0 aliphatic carbocycles. The molecule has 102 valence electrons. The maximum atomic E-state index is 6.13. The van der Waals surface area contributed by atoms with Crippen LogP contribution in [0.1, 0.15) is 26.5 Å². The highest BCUT2D eigenvalue weighted by Crippen LogP contribution is 2.29. The van der Waals surface area contributed by atoms with Gasteiger partial charge in [0.25, 0.3) is 0 Å². The summed E-state index contributed by atoms with van der Waals surface area (Å²) < 4.78 is 10.6. The quantitative estimate of drug-likeness (QED) is 0.809. The summed E-state index contributed by atoms with van der Waals surface area (Å²) in [5.74, 6) is 1.34. The molecule has 1 N–H and O–H groups in total. The Hall–Kier alpha value is -1.00. The Bertz CT molecular complexity index is 395. The molecule has 0 radical (unpaired) electrons. The van der Waals surface area contributed by atoms with Crippen LogP contribution in [-0.2, 0) is 6.54 Å². The predicted molar refractivity (Wildman–Crippen MR) is 73.6 cm³/mol. The molecule has 1 rings (SSSR count). The molecular formula is C13H21ClN2O2. The summed E-state index contributed by atoms with van der Waals surface area (Å²) in [5, 5.41) is 3.38. The van der Waals surface area contributed by atoms with E-state index in [2.05, 4.69) is 24.1 Å². The minimum absolute atomic E-state index is 0.00843. The fourth-order valence-corrected chi connectivity index (χ4v) is 1.51. The molecule has 0 saturated carbocycles. The summed E-state index contributed by atoms with van der Waals surface area (Å²) in [7, 11) is 3.22. The number of alkyl halides is 1. The standard InChI is InChI=1S/C13H21ClN2O2/c1-9(14)13(2,3)16-8-10-12(18-5)11(17-4)6-7-15-10/h6-7,9,16H,8H2,1-5H3. The number of hydrogen-bond donors (Lipinski definition) is 1. The molecule has 1 heterocycles. The van der Waals surface area contributed by atoms with Crippen molar-refractivity contribution in [3.05, 3.63) is 18.0 Å². The van der Waals surface area contributed by atoms with Gasteiger partial charge in [-0.3, -0.25) is 4.98 Å². The van der Waals surface area contributed by atoms with E-state index in [1.807, 2.05) is 6.92 Å². The molecule has 1 aromatic rings.